The number of nitrogens with zero attached hydrogens (tertiary/aromatic N) is 1. The first-order valence-corrected chi connectivity index (χ1v) is 10.6. The molecule has 1 heterocycles. The Morgan fingerprint density at radius 2 is 1.89 bits per heavy atom. The number of carbonyl (C=O) groups is 3. The van der Waals surface area contributed by atoms with Gasteiger partial charge in [0.2, 0.25) is 5.91 Å². The highest BCUT2D eigenvalue weighted by Crippen LogP contribution is 2.30. The second-order valence-electron chi connectivity index (χ2n) is 8.42. The molecule has 5 nitrogen and oxygen atoms in total. The van der Waals surface area contributed by atoms with Gasteiger partial charge in [0.25, 0.3) is 0 Å². The Labute approximate surface area is 164 Å². The Morgan fingerprint density at radius 1 is 1.19 bits per heavy atom. The maximum absolute atomic E-state index is 12.8. The van der Waals surface area contributed by atoms with E-state index < -0.39 is 23.4 Å². The molecule has 2 aliphatic rings. The number of benzene rings is 1. The highest BCUT2D eigenvalue weighted by Gasteiger charge is 2.39. The predicted molar refractivity (Wildman–Crippen MR) is 105 cm³/mol. The van der Waals surface area contributed by atoms with E-state index in [4.69, 9.17) is 4.74 Å². The van der Waals surface area contributed by atoms with Crippen molar-refractivity contribution in [3.8, 4) is 0 Å². The Morgan fingerprint density at radius 3 is 2.59 bits per heavy atom. The molecular formula is C21H27NO4S. The predicted octanol–water partition coefficient (Wildman–Crippen LogP) is 3.20. The van der Waals surface area contributed by atoms with Gasteiger partial charge in [-0.3, -0.25) is 9.59 Å². The molecule has 1 aliphatic carbocycles. The summed E-state index contributed by atoms with van der Waals surface area (Å²) in [7, 11) is 0. The summed E-state index contributed by atoms with van der Waals surface area (Å²) < 4.78 is 5.03. The van der Waals surface area contributed by atoms with Crippen LogP contribution in [0.25, 0.3) is 0 Å². The molecular weight excluding hydrogens is 362 g/mol. The number of thioether (sulfide) groups is 1. The maximum Gasteiger partial charge on any atom is 0.337 e. The van der Waals surface area contributed by atoms with Gasteiger partial charge in [0.05, 0.1) is 11.3 Å². The smallest absolute Gasteiger partial charge is 0.337 e. The summed E-state index contributed by atoms with van der Waals surface area (Å²) >= 11 is 1.53. The van der Waals surface area contributed by atoms with Crippen molar-refractivity contribution in [2.24, 2.45) is 11.3 Å². The van der Waals surface area contributed by atoms with Crippen molar-refractivity contribution in [1.29, 1.82) is 0 Å². The lowest BCUT2D eigenvalue weighted by Crippen LogP contribution is -2.45. The lowest BCUT2D eigenvalue weighted by atomic mass is 9.82. The van der Waals surface area contributed by atoms with Gasteiger partial charge in [-0.15, -0.1) is 11.8 Å². The van der Waals surface area contributed by atoms with E-state index in [0.717, 1.165) is 19.3 Å². The molecule has 6 heteroatoms. The zero-order valence-electron chi connectivity index (χ0n) is 16.2. The summed E-state index contributed by atoms with van der Waals surface area (Å²) in [6.45, 7) is 5.11. The number of aryl methyl sites for hydroxylation is 1. The van der Waals surface area contributed by atoms with E-state index >= 15 is 0 Å². The average molecular weight is 390 g/mol. The van der Waals surface area contributed by atoms with Crippen molar-refractivity contribution in [1.82, 2.24) is 4.90 Å². The van der Waals surface area contributed by atoms with Crippen LogP contribution in [0, 0.1) is 11.3 Å². The minimum atomic E-state index is -0.744. The van der Waals surface area contributed by atoms with Gasteiger partial charge in [-0.05, 0) is 57.1 Å². The van der Waals surface area contributed by atoms with Gasteiger partial charge in [-0.1, -0.05) is 24.3 Å². The number of hydrogen-bond donors (Lipinski definition) is 0. The lowest BCUT2D eigenvalue weighted by Gasteiger charge is -2.28. The third-order valence-electron chi connectivity index (χ3n) is 5.19. The van der Waals surface area contributed by atoms with Crippen LogP contribution in [0.5, 0.6) is 0 Å². The number of hydrogen-bond acceptors (Lipinski definition) is 5. The van der Waals surface area contributed by atoms with Gasteiger partial charge in [0.15, 0.2) is 0 Å². The van der Waals surface area contributed by atoms with Gasteiger partial charge >= 0.3 is 11.9 Å². The first-order valence-electron chi connectivity index (χ1n) is 9.46. The molecule has 0 unspecified atom stereocenters. The molecule has 0 N–H and O–H groups in total. The number of fused-ring (bicyclic) bond motifs is 1. The third-order valence-corrected chi connectivity index (χ3v) is 6.20. The van der Waals surface area contributed by atoms with Gasteiger partial charge < -0.3 is 9.64 Å². The minimum absolute atomic E-state index is 0.0189. The van der Waals surface area contributed by atoms with Gasteiger partial charge in [-0.2, -0.15) is 0 Å². The summed E-state index contributed by atoms with van der Waals surface area (Å²) in [6.07, 6.45) is 3.32. The highest BCUT2D eigenvalue weighted by molar-refractivity contribution is 7.99. The van der Waals surface area contributed by atoms with Crippen molar-refractivity contribution in [3.05, 3.63) is 35.4 Å². The fourth-order valence-electron chi connectivity index (χ4n) is 3.51. The lowest BCUT2D eigenvalue weighted by molar-refractivity contribution is -0.169. The molecule has 1 aromatic carbocycles. The van der Waals surface area contributed by atoms with Crippen LogP contribution >= 0.6 is 11.8 Å². The van der Waals surface area contributed by atoms with Crippen LogP contribution in [0.1, 0.15) is 44.7 Å². The molecule has 0 bridgehead atoms. The van der Waals surface area contributed by atoms with Crippen LogP contribution in [0.15, 0.2) is 24.3 Å². The average Bonchev–Trinajstić information content (AvgIpc) is 3.11. The molecule has 1 aliphatic heterocycles. The number of ether oxygens (including phenoxy) is 1. The minimum Gasteiger partial charge on any atom is -0.391 e. The monoisotopic (exact) mass is 389 g/mol. The van der Waals surface area contributed by atoms with Crippen LogP contribution in [-0.2, 0) is 32.0 Å². The van der Waals surface area contributed by atoms with Crippen molar-refractivity contribution >= 4 is 29.6 Å². The second-order valence-corrected chi connectivity index (χ2v) is 9.42. The largest absolute Gasteiger partial charge is 0.391 e. The molecule has 1 saturated heterocycles. The van der Waals surface area contributed by atoms with Gasteiger partial charge in [0.1, 0.15) is 6.04 Å². The number of amides is 1. The Balaban J connectivity index is 1.59. The molecule has 0 aromatic heterocycles. The van der Waals surface area contributed by atoms with Crippen LogP contribution in [0.2, 0.25) is 0 Å². The molecule has 0 spiro atoms. The van der Waals surface area contributed by atoms with E-state index in [-0.39, 0.29) is 5.91 Å². The van der Waals surface area contributed by atoms with E-state index in [9.17, 15) is 14.4 Å². The summed E-state index contributed by atoms with van der Waals surface area (Å²) in [5, 5.41) is 0. The highest BCUT2D eigenvalue weighted by atomic mass is 32.2. The van der Waals surface area contributed by atoms with Crippen molar-refractivity contribution in [3.63, 3.8) is 0 Å². The van der Waals surface area contributed by atoms with Crippen LogP contribution in [0.4, 0.5) is 0 Å². The number of esters is 2. The van der Waals surface area contributed by atoms with E-state index in [1.807, 2.05) is 6.07 Å². The van der Waals surface area contributed by atoms with Crippen molar-refractivity contribution < 1.29 is 19.1 Å². The maximum atomic E-state index is 12.8. The SMILES string of the molecule is CC(C)(C)C(=O)OC(=O)[C@@H]1CSCN1C(=O)C[C@H]1CCc2ccccc2C1. The van der Waals surface area contributed by atoms with E-state index in [1.165, 1.54) is 22.9 Å². The first-order chi connectivity index (χ1) is 12.8. The van der Waals surface area contributed by atoms with E-state index in [0.29, 0.717) is 24.0 Å². The number of carbonyl (C=O) groups excluding carboxylic acids is 3. The molecule has 1 fully saturated rings. The Bertz CT molecular complexity index is 740. The molecule has 1 aromatic rings. The van der Waals surface area contributed by atoms with Crippen LogP contribution in [0.3, 0.4) is 0 Å². The standard InChI is InChI=1S/C21H27NO4S/c1-21(2,3)20(25)26-19(24)17-12-27-13-22(17)18(23)11-14-8-9-15-6-4-5-7-16(15)10-14/h4-7,14,17H,8-13H2,1-3H3/t14-,17-/m0/s1. The van der Waals surface area contributed by atoms with E-state index in [1.54, 1.807) is 25.7 Å². The number of rotatable bonds is 3. The summed E-state index contributed by atoms with van der Waals surface area (Å²) in [4.78, 5) is 38.8. The van der Waals surface area contributed by atoms with Crippen molar-refractivity contribution in [2.45, 2.75) is 52.5 Å². The van der Waals surface area contributed by atoms with E-state index in [2.05, 4.69) is 18.2 Å². The summed E-state index contributed by atoms with van der Waals surface area (Å²) in [6, 6.07) is 7.72. The fraction of sp³-hybridized carbons (Fsp3) is 0.571. The molecule has 2 atom stereocenters. The zero-order valence-corrected chi connectivity index (χ0v) is 17.0. The van der Waals surface area contributed by atoms with Gasteiger partial charge in [0, 0.05) is 12.2 Å². The first kappa shape index (κ1) is 19.9. The topological polar surface area (TPSA) is 63.7 Å². The summed E-state index contributed by atoms with van der Waals surface area (Å²) in [5.74, 6) is 0.0737. The summed E-state index contributed by atoms with van der Waals surface area (Å²) in [5.41, 5.74) is 1.95. The molecule has 0 saturated carbocycles. The molecule has 0 radical (unpaired) electrons. The quantitative estimate of drug-likeness (QED) is 0.587. The second kappa shape index (κ2) is 8.05. The third kappa shape index (κ3) is 4.72. The molecule has 146 valence electrons. The van der Waals surface area contributed by atoms with Crippen LogP contribution < -0.4 is 0 Å². The molecule has 1 amide bonds. The Hall–Kier alpha value is -1.82. The normalized spacial score (nSPS) is 22.3. The van der Waals surface area contributed by atoms with Gasteiger partial charge in [-0.25, -0.2) is 4.79 Å². The molecule has 3 rings (SSSR count). The van der Waals surface area contributed by atoms with Crippen molar-refractivity contribution in [2.75, 3.05) is 11.6 Å². The fourth-order valence-corrected chi connectivity index (χ4v) is 4.67. The Kier molecular flexibility index (Phi) is 5.94. The molecule has 27 heavy (non-hydrogen) atoms. The zero-order chi connectivity index (χ0) is 19.6. The van der Waals surface area contributed by atoms with Crippen LogP contribution in [-0.4, -0.2) is 40.4 Å².